The molecule has 4 nitrogen and oxygen atoms in total. The molecular weight excluding hydrogens is 176 g/mol. The number of ether oxygens (including phenoxy) is 1. The fourth-order valence-corrected chi connectivity index (χ4v) is 1.42. The highest BCUT2D eigenvalue weighted by Crippen LogP contribution is 1.96. The van der Waals surface area contributed by atoms with Crippen LogP contribution < -0.4 is 4.72 Å². The molecule has 1 rings (SSSR count). The first-order valence-corrected chi connectivity index (χ1v) is 4.90. The molecule has 0 unspecified atom stereocenters. The van der Waals surface area contributed by atoms with E-state index in [4.69, 9.17) is 8.92 Å². The molecule has 0 atom stereocenters. The minimum atomic E-state index is 0.872. The summed E-state index contributed by atoms with van der Waals surface area (Å²) in [5.74, 6) is 0. The van der Waals surface area contributed by atoms with Crippen LogP contribution in [-0.4, -0.2) is 51.4 Å². The Kier molecular flexibility index (Phi) is 5.72. The smallest absolute Gasteiger partial charge is 0.0786 e. The molecule has 1 N–H and O–H groups in total. The Balaban J connectivity index is 1.91. The predicted octanol–water partition coefficient (Wildman–Crippen LogP) is 0.118. The topological polar surface area (TPSA) is 33.7 Å². The van der Waals surface area contributed by atoms with Gasteiger partial charge < -0.3 is 8.92 Å². The summed E-state index contributed by atoms with van der Waals surface area (Å²) in [4.78, 5) is 2.38. The van der Waals surface area contributed by atoms with Gasteiger partial charge in [-0.2, -0.15) is 0 Å². The lowest BCUT2D eigenvalue weighted by Gasteiger charge is -2.26. The van der Waals surface area contributed by atoms with Crippen LogP contribution >= 0.6 is 12.2 Å². The van der Waals surface area contributed by atoms with Gasteiger partial charge in [-0.1, -0.05) is 0 Å². The Morgan fingerprint density at radius 2 is 2.25 bits per heavy atom. The third-order valence-corrected chi connectivity index (χ3v) is 2.26. The summed E-state index contributed by atoms with van der Waals surface area (Å²) in [5.41, 5.74) is 0. The van der Waals surface area contributed by atoms with Crippen molar-refractivity contribution in [1.82, 2.24) is 9.62 Å². The zero-order chi connectivity index (χ0) is 8.65. The van der Waals surface area contributed by atoms with Gasteiger partial charge in [0.05, 0.1) is 32.6 Å². The molecule has 1 heterocycles. The van der Waals surface area contributed by atoms with Crippen LogP contribution in [0.3, 0.4) is 0 Å². The largest absolute Gasteiger partial charge is 0.379 e. The first-order chi connectivity index (χ1) is 5.93. The van der Waals surface area contributed by atoms with Crippen molar-refractivity contribution in [2.24, 2.45) is 0 Å². The van der Waals surface area contributed by atoms with Crippen LogP contribution in [0.2, 0.25) is 0 Å². The Hall–Kier alpha value is 0.190. The molecule has 12 heavy (non-hydrogen) atoms. The molecule has 0 amide bonds. The monoisotopic (exact) mass is 192 g/mol. The van der Waals surface area contributed by atoms with E-state index in [9.17, 15) is 0 Å². The zero-order valence-corrected chi connectivity index (χ0v) is 8.23. The van der Waals surface area contributed by atoms with Crippen molar-refractivity contribution in [3.63, 3.8) is 0 Å². The fraction of sp³-hybridized carbons (Fsp3) is 1.00. The van der Waals surface area contributed by atoms with Crippen LogP contribution in [0.25, 0.3) is 0 Å². The van der Waals surface area contributed by atoms with Crippen molar-refractivity contribution in [3.05, 3.63) is 0 Å². The lowest BCUT2D eigenvalue weighted by molar-refractivity contribution is 0.0390. The minimum Gasteiger partial charge on any atom is -0.379 e. The predicted molar refractivity (Wildman–Crippen MR) is 49.9 cm³/mol. The Bertz CT molecular complexity index is 110. The van der Waals surface area contributed by atoms with Gasteiger partial charge in [0.2, 0.25) is 0 Å². The van der Waals surface area contributed by atoms with Gasteiger partial charge in [0.1, 0.15) is 0 Å². The average molecular weight is 192 g/mol. The van der Waals surface area contributed by atoms with Gasteiger partial charge in [-0.25, -0.2) is 4.72 Å². The van der Waals surface area contributed by atoms with Crippen molar-refractivity contribution in [2.45, 2.75) is 0 Å². The lowest BCUT2D eigenvalue weighted by atomic mass is 10.4. The van der Waals surface area contributed by atoms with Gasteiger partial charge in [-0.05, 0) is 0 Å². The van der Waals surface area contributed by atoms with E-state index in [1.807, 2.05) is 0 Å². The van der Waals surface area contributed by atoms with E-state index in [-0.39, 0.29) is 0 Å². The minimum absolute atomic E-state index is 0.872. The summed E-state index contributed by atoms with van der Waals surface area (Å²) in [6.07, 6.45) is 0. The number of nitrogens with zero attached hydrogens (tertiary/aromatic N) is 1. The zero-order valence-electron chi connectivity index (χ0n) is 7.41. The summed E-state index contributed by atoms with van der Waals surface area (Å²) in [6.45, 7) is 5.88. The van der Waals surface area contributed by atoms with Crippen LogP contribution in [0, 0.1) is 0 Å². The van der Waals surface area contributed by atoms with Crippen LogP contribution in [0.5, 0.6) is 0 Å². The summed E-state index contributed by atoms with van der Waals surface area (Å²) >= 11 is 1.29. The molecule has 1 aliphatic heterocycles. The van der Waals surface area contributed by atoms with Gasteiger partial charge in [-0.15, -0.1) is 0 Å². The fourth-order valence-electron chi connectivity index (χ4n) is 1.13. The van der Waals surface area contributed by atoms with Crippen molar-refractivity contribution in [3.8, 4) is 0 Å². The molecule has 0 spiro atoms. The highest BCUT2D eigenvalue weighted by molar-refractivity contribution is 7.92. The molecule has 1 aliphatic rings. The first kappa shape index (κ1) is 10.3. The number of hydrogen-bond acceptors (Lipinski definition) is 5. The van der Waals surface area contributed by atoms with Crippen LogP contribution in [0.15, 0.2) is 0 Å². The molecule has 5 heteroatoms. The summed E-state index contributed by atoms with van der Waals surface area (Å²) < 4.78 is 13.1. The number of nitrogens with one attached hydrogen (secondary N) is 1. The van der Waals surface area contributed by atoms with E-state index < -0.39 is 0 Å². The molecule has 72 valence electrons. The maximum Gasteiger partial charge on any atom is 0.0786 e. The molecule has 0 aliphatic carbocycles. The molecular formula is C7H16N2O2S. The maximum absolute atomic E-state index is 5.24. The van der Waals surface area contributed by atoms with E-state index in [0.29, 0.717) is 0 Å². The van der Waals surface area contributed by atoms with Crippen molar-refractivity contribution < 1.29 is 8.92 Å². The Morgan fingerprint density at radius 1 is 1.50 bits per heavy atom. The quantitative estimate of drug-likeness (QED) is 0.380. The second kappa shape index (κ2) is 6.68. The Labute approximate surface area is 77.9 Å². The molecule has 0 aromatic heterocycles. The number of hydrogen-bond donors (Lipinski definition) is 1. The molecule has 0 bridgehead atoms. The molecule has 0 saturated carbocycles. The molecule has 0 aromatic carbocycles. The molecule has 1 fully saturated rings. The first-order valence-electron chi connectivity index (χ1n) is 4.16. The van der Waals surface area contributed by atoms with Crippen LogP contribution in [0.1, 0.15) is 0 Å². The van der Waals surface area contributed by atoms with Gasteiger partial charge in [0, 0.05) is 26.2 Å². The van der Waals surface area contributed by atoms with Crippen LogP contribution in [0.4, 0.5) is 0 Å². The lowest BCUT2D eigenvalue weighted by Crippen LogP contribution is -2.39. The van der Waals surface area contributed by atoms with E-state index in [1.165, 1.54) is 12.2 Å². The van der Waals surface area contributed by atoms with Gasteiger partial charge >= 0.3 is 0 Å². The van der Waals surface area contributed by atoms with E-state index in [0.717, 1.165) is 39.4 Å². The van der Waals surface area contributed by atoms with Gasteiger partial charge in [-0.3, -0.25) is 4.90 Å². The van der Waals surface area contributed by atoms with Crippen molar-refractivity contribution in [1.29, 1.82) is 0 Å². The second-order valence-corrected chi connectivity index (χ2v) is 3.39. The number of morpholine rings is 1. The Morgan fingerprint density at radius 3 is 2.92 bits per heavy atom. The summed E-state index contributed by atoms with van der Waals surface area (Å²) in [6, 6.07) is 0. The second-order valence-electron chi connectivity index (χ2n) is 2.60. The number of rotatable bonds is 5. The van der Waals surface area contributed by atoms with E-state index in [1.54, 1.807) is 7.11 Å². The van der Waals surface area contributed by atoms with E-state index in [2.05, 4.69) is 9.62 Å². The normalized spacial score (nSPS) is 19.8. The van der Waals surface area contributed by atoms with Crippen molar-refractivity contribution in [2.75, 3.05) is 46.5 Å². The summed E-state index contributed by atoms with van der Waals surface area (Å²) in [5, 5.41) is 0. The standard InChI is InChI=1S/C7H16N2O2S/c1-10-12-8-2-3-9-4-6-11-7-5-9/h8H,2-7H2,1H3. The molecule has 0 aromatic rings. The van der Waals surface area contributed by atoms with Crippen molar-refractivity contribution >= 4 is 12.2 Å². The molecule has 0 radical (unpaired) electrons. The third-order valence-electron chi connectivity index (χ3n) is 1.78. The highest BCUT2D eigenvalue weighted by atomic mass is 32.2. The molecule has 1 saturated heterocycles. The SMILES string of the molecule is COSNCCN1CCOCC1. The van der Waals surface area contributed by atoms with Gasteiger partial charge in [0.25, 0.3) is 0 Å². The third kappa shape index (κ3) is 4.27. The summed E-state index contributed by atoms with van der Waals surface area (Å²) in [7, 11) is 1.66. The maximum atomic E-state index is 5.24. The van der Waals surface area contributed by atoms with Crippen LogP contribution in [-0.2, 0) is 8.92 Å². The van der Waals surface area contributed by atoms with E-state index >= 15 is 0 Å². The highest BCUT2D eigenvalue weighted by Gasteiger charge is 2.08. The average Bonchev–Trinajstić information content (AvgIpc) is 2.14. The van der Waals surface area contributed by atoms with Gasteiger partial charge in [0.15, 0.2) is 0 Å².